The Hall–Kier alpha value is -1.35. The number of thiazole rings is 1. The first kappa shape index (κ1) is 21.0. The molecule has 0 aliphatic carbocycles. The first-order chi connectivity index (χ1) is 12.3. The van der Waals surface area contributed by atoms with Crippen molar-refractivity contribution >= 4 is 17.3 Å². The number of nitrogens with zero attached hydrogens (tertiary/aromatic N) is 4. The van der Waals surface area contributed by atoms with E-state index in [2.05, 4.69) is 38.9 Å². The van der Waals surface area contributed by atoms with Gasteiger partial charge in [-0.3, -0.25) is 9.89 Å². The molecular formula is C17H28F3N5S. The zero-order valence-electron chi connectivity index (χ0n) is 15.6. The third-order valence-electron chi connectivity index (χ3n) is 4.06. The lowest BCUT2D eigenvalue weighted by Gasteiger charge is -2.37. The molecular weight excluding hydrogens is 363 g/mol. The van der Waals surface area contributed by atoms with Gasteiger partial charge in [-0.25, -0.2) is 4.98 Å². The van der Waals surface area contributed by atoms with Gasteiger partial charge in [-0.1, -0.05) is 13.8 Å². The molecule has 0 spiro atoms. The third kappa shape index (κ3) is 6.42. The number of guanidine groups is 1. The van der Waals surface area contributed by atoms with Crippen LogP contribution in [0.25, 0.3) is 0 Å². The Morgan fingerprint density at radius 3 is 2.54 bits per heavy atom. The summed E-state index contributed by atoms with van der Waals surface area (Å²) in [6.07, 6.45) is -3.95. The Morgan fingerprint density at radius 2 is 2.00 bits per heavy atom. The molecule has 0 aromatic carbocycles. The molecule has 148 valence electrons. The van der Waals surface area contributed by atoms with Crippen molar-refractivity contribution in [2.24, 2.45) is 10.9 Å². The first-order valence-corrected chi connectivity index (χ1v) is 9.94. The van der Waals surface area contributed by atoms with Crippen LogP contribution in [-0.4, -0.2) is 66.6 Å². The van der Waals surface area contributed by atoms with Crippen LogP contribution in [0, 0.1) is 5.92 Å². The minimum Gasteiger partial charge on any atom is -0.357 e. The van der Waals surface area contributed by atoms with E-state index in [1.54, 1.807) is 0 Å². The van der Waals surface area contributed by atoms with Gasteiger partial charge in [-0.15, -0.1) is 11.3 Å². The molecule has 0 atom stereocenters. The highest BCUT2D eigenvalue weighted by Gasteiger charge is 2.33. The van der Waals surface area contributed by atoms with Gasteiger partial charge < -0.3 is 10.2 Å². The van der Waals surface area contributed by atoms with Crippen molar-refractivity contribution in [3.63, 3.8) is 0 Å². The summed E-state index contributed by atoms with van der Waals surface area (Å²) in [7, 11) is 0. The van der Waals surface area contributed by atoms with E-state index < -0.39 is 11.9 Å². The number of alkyl halides is 3. The molecule has 5 nitrogen and oxygen atoms in total. The standard InChI is InChI=1S/C17H28F3N5S/c1-4-21-16(25-9-7-24(8-10-25)11-13(2)3)22-6-5-15-23-14(12-26-15)17(18,19)20/h12-13H,4-11H2,1-3H3,(H,21,22). The molecule has 0 unspecified atom stereocenters. The van der Waals surface area contributed by atoms with Crippen LogP contribution in [0.3, 0.4) is 0 Å². The smallest absolute Gasteiger partial charge is 0.357 e. The van der Waals surface area contributed by atoms with E-state index in [-0.39, 0.29) is 0 Å². The number of hydrogen-bond acceptors (Lipinski definition) is 4. The lowest BCUT2D eigenvalue weighted by atomic mass is 10.2. The van der Waals surface area contributed by atoms with E-state index >= 15 is 0 Å². The lowest BCUT2D eigenvalue weighted by molar-refractivity contribution is -0.140. The molecule has 0 amide bonds. The quantitative estimate of drug-likeness (QED) is 0.598. The maximum Gasteiger partial charge on any atom is 0.434 e. The van der Waals surface area contributed by atoms with Crippen molar-refractivity contribution in [2.45, 2.75) is 33.4 Å². The van der Waals surface area contributed by atoms with E-state index in [9.17, 15) is 13.2 Å². The highest BCUT2D eigenvalue weighted by Crippen LogP contribution is 2.30. The molecule has 0 bridgehead atoms. The topological polar surface area (TPSA) is 43.8 Å². The normalized spacial score (nSPS) is 17.2. The summed E-state index contributed by atoms with van der Waals surface area (Å²) in [5, 5.41) is 4.82. The molecule has 1 aromatic heterocycles. The summed E-state index contributed by atoms with van der Waals surface area (Å²) in [6.45, 7) is 12.6. The average Bonchev–Trinajstić information content (AvgIpc) is 3.03. The van der Waals surface area contributed by atoms with E-state index in [0.29, 0.717) is 23.9 Å². The van der Waals surface area contributed by atoms with Crippen LogP contribution >= 0.6 is 11.3 Å². The molecule has 1 fully saturated rings. The minimum atomic E-state index is -4.37. The van der Waals surface area contributed by atoms with Gasteiger partial charge in [0.15, 0.2) is 11.7 Å². The van der Waals surface area contributed by atoms with Crippen molar-refractivity contribution in [2.75, 3.05) is 45.8 Å². The van der Waals surface area contributed by atoms with Crippen LogP contribution in [0.1, 0.15) is 31.5 Å². The SMILES string of the molecule is CCNC(=NCCc1nc(C(F)(F)F)cs1)N1CCN(CC(C)C)CC1. The van der Waals surface area contributed by atoms with E-state index in [0.717, 1.165) is 61.9 Å². The number of rotatable bonds is 6. The van der Waals surface area contributed by atoms with Crippen LogP contribution in [0.15, 0.2) is 10.4 Å². The number of hydrogen-bond donors (Lipinski definition) is 1. The monoisotopic (exact) mass is 391 g/mol. The summed E-state index contributed by atoms with van der Waals surface area (Å²) in [6, 6.07) is 0. The van der Waals surface area contributed by atoms with Crippen LogP contribution in [0.5, 0.6) is 0 Å². The molecule has 0 radical (unpaired) electrons. The van der Waals surface area contributed by atoms with E-state index in [4.69, 9.17) is 0 Å². The average molecular weight is 392 g/mol. The fourth-order valence-corrected chi connectivity index (χ4v) is 3.69. The van der Waals surface area contributed by atoms with Gasteiger partial charge in [0, 0.05) is 57.6 Å². The van der Waals surface area contributed by atoms with Crippen molar-refractivity contribution in [1.82, 2.24) is 20.1 Å². The fourth-order valence-electron chi connectivity index (χ4n) is 2.90. The van der Waals surface area contributed by atoms with Gasteiger partial charge >= 0.3 is 6.18 Å². The molecule has 1 N–H and O–H groups in total. The summed E-state index contributed by atoms with van der Waals surface area (Å²) in [5.74, 6) is 1.49. The molecule has 26 heavy (non-hydrogen) atoms. The zero-order valence-corrected chi connectivity index (χ0v) is 16.5. The maximum absolute atomic E-state index is 12.6. The predicted molar refractivity (Wildman–Crippen MR) is 99.6 cm³/mol. The van der Waals surface area contributed by atoms with Crippen molar-refractivity contribution in [3.05, 3.63) is 16.1 Å². The second-order valence-corrected chi connectivity index (χ2v) is 7.73. The van der Waals surface area contributed by atoms with Gasteiger partial charge in [-0.05, 0) is 12.8 Å². The molecule has 1 aliphatic rings. The summed E-state index contributed by atoms with van der Waals surface area (Å²) in [5.41, 5.74) is -0.810. The highest BCUT2D eigenvalue weighted by atomic mass is 32.1. The number of aliphatic imine (C=N–C) groups is 1. The number of aromatic nitrogens is 1. The minimum absolute atomic E-state index is 0.420. The second kappa shape index (κ2) is 9.55. The van der Waals surface area contributed by atoms with E-state index in [1.807, 2.05) is 6.92 Å². The van der Waals surface area contributed by atoms with Gasteiger partial charge in [0.2, 0.25) is 0 Å². The summed E-state index contributed by atoms with van der Waals surface area (Å²) in [4.78, 5) is 12.9. The molecule has 2 rings (SSSR count). The Bertz CT molecular complexity index is 577. The largest absolute Gasteiger partial charge is 0.434 e. The van der Waals surface area contributed by atoms with Crippen LogP contribution in [0.2, 0.25) is 0 Å². The van der Waals surface area contributed by atoms with E-state index in [1.165, 1.54) is 0 Å². The third-order valence-corrected chi connectivity index (χ3v) is 4.97. The summed E-state index contributed by atoms with van der Waals surface area (Å²) >= 11 is 1.04. The maximum atomic E-state index is 12.6. The first-order valence-electron chi connectivity index (χ1n) is 9.06. The predicted octanol–water partition coefficient (Wildman–Crippen LogP) is 2.94. The molecule has 1 saturated heterocycles. The molecule has 1 aliphatic heterocycles. The highest BCUT2D eigenvalue weighted by molar-refractivity contribution is 7.09. The van der Waals surface area contributed by atoms with Gasteiger partial charge in [0.25, 0.3) is 0 Å². The number of piperazine rings is 1. The lowest BCUT2D eigenvalue weighted by Crippen LogP contribution is -2.53. The zero-order chi connectivity index (χ0) is 19.2. The molecule has 1 aromatic rings. The second-order valence-electron chi connectivity index (χ2n) is 6.79. The Balaban J connectivity index is 1.88. The van der Waals surface area contributed by atoms with Crippen molar-refractivity contribution in [1.29, 1.82) is 0 Å². The van der Waals surface area contributed by atoms with Gasteiger partial charge in [0.05, 0.1) is 5.01 Å². The van der Waals surface area contributed by atoms with Crippen LogP contribution in [-0.2, 0) is 12.6 Å². The van der Waals surface area contributed by atoms with Crippen LogP contribution in [0.4, 0.5) is 13.2 Å². The summed E-state index contributed by atoms with van der Waals surface area (Å²) < 4.78 is 37.8. The van der Waals surface area contributed by atoms with Gasteiger partial charge in [0.1, 0.15) is 0 Å². The van der Waals surface area contributed by atoms with Crippen molar-refractivity contribution in [3.8, 4) is 0 Å². The number of halogens is 3. The molecule has 9 heteroatoms. The number of nitrogens with one attached hydrogen (secondary N) is 1. The molecule has 2 heterocycles. The molecule has 0 saturated carbocycles. The van der Waals surface area contributed by atoms with Crippen LogP contribution < -0.4 is 5.32 Å². The Labute approximate surface area is 157 Å². The van der Waals surface area contributed by atoms with Crippen molar-refractivity contribution < 1.29 is 13.2 Å². The van der Waals surface area contributed by atoms with Gasteiger partial charge in [-0.2, -0.15) is 13.2 Å². The fraction of sp³-hybridized carbons (Fsp3) is 0.765. The Kier molecular flexibility index (Phi) is 7.69. The Morgan fingerprint density at radius 1 is 1.31 bits per heavy atom.